The Morgan fingerprint density at radius 2 is 2.25 bits per heavy atom. The van der Waals surface area contributed by atoms with Crippen molar-refractivity contribution in [1.82, 2.24) is 10.2 Å². The molecule has 1 heterocycles. The first-order valence-corrected chi connectivity index (χ1v) is 4.83. The number of aliphatic hydroxyl groups excluding tert-OH is 1. The van der Waals surface area contributed by atoms with Crippen LogP contribution >= 0.6 is 0 Å². The van der Waals surface area contributed by atoms with Gasteiger partial charge in [0.15, 0.2) is 0 Å². The second-order valence-electron chi connectivity index (χ2n) is 3.76. The molecular formula is C9H14N2O5. The van der Waals surface area contributed by atoms with E-state index in [9.17, 15) is 14.4 Å². The van der Waals surface area contributed by atoms with Crippen molar-refractivity contribution in [3.8, 4) is 0 Å². The van der Waals surface area contributed by atoms with Crippen LogP contribution in [0.2, 0.25) is 0 Å². The molecule has 1 saturated heterocycles. The van der Waals surface area contributed by atoms with E-state index >= 15 is 0 Å². The first kappa shape index (κ1) is 12.4. The Kier molecular flexibility index (Phi) is 3.83. The van der Waals surface area contributed by atoms with Gasteiger partial charge in [0.05, 0.1) is 12.5 Å². The van der Waals surface area contributed by atoms with Crippen LogP contribution < -0.4 is 5.32 Å². The van der Waals surface area contributed by atoms with E-state index in [2.05, 4.69) is 5.32 Å². The number of rotatable bonds is 4. The molecule has 2 amide bonds. The standard InChI is InChI=1S/C9H14N2O5/c1-11-3-5(2-7(11)13)8(14)10-6(4-12)9(15)16/h5-6,12H,2-4H2,1H3,(H,10,14)(H,15,16). The first-order valence-electron chi connectivity index (χ1n) is 4.83. The maximum atomic E-state index is 11.5. The molecule has 7 nitrogen and oxygen atoms in total. The largest absolute Gasteiger partial charge is 0.480 e. The van der Waals surface area contributed by atoms with Gasteiger partial charge in [-0.15, -0.1) is 0 Å². The predicted molar refractivity (Wildman–Crippen MR) is 52.4 cm³/mol. The van der Waals surface area contributed by atoms with Crippen molar-refractivity contribution in [3.63, 3.8) is 0 Å². The zero-order chi connectivity index (χ0) is 12.3. The summed E-state index contributed by atoms with van der Waals surface area (Å²) in [7, 11) is 1.58. The molecule has 0 radical (unpaired) electrons. The number of nitrogens with one attached hydrogen (secondary N) is 1. The number of carbonyl (C=O) groups is 3. The molecule has 0 saturated carbocycles. The highest BCUT2D eigenvalue weighted by molar-refractivity contribution is 5.91. The Morgan fingerprint density at radius 3 is 2.62 bits per heavy atom. The Bertz CT molecular complexity index is 317. The SMILES string of the molecule is CN1CC(C(=O)NC(CO)C(=O)O)CC1=O. The van der Waals surface area contributed by atoms with Gasteiger partial charge in [-0.05, 0) is 0 Å². The highest BCUT2D eigenvalue weighted by Crippen LogP contribution is 2.15. The molecule has 0 aromatic carbocycles. The van der Waals surface area contributed by atoms with Gasteiger partial charge in [0, 0.05) is 20.0 Å². The minimum Gasteiger partial charge on any atom is -0.480 e. The molecular weight excluding hydrogens is 216 g/mol. The summed E-state index contributed by atoms with van der Waals surface area (Å²) in [6.07, 6.45) is 0.0834. The van der Waals surface area contributed by atoms with Crippen LogP contribution in [0.1, 0.15) is 6.42 Å². The van der Waals surface area contributed by atoms with Crippen molar-refractivity contribution in [2.24, 2.45) is 5.92 Å². The summed E-state index contributed by atoms with van der Waals surface area (Å²) in [6, 6.07) is -1.31. The Balaban J connectivity index is 2.53. The third-order valence-electron chi connectivity index (χ3n) is 2.51. The van der Waals surface area contributed by atoms with E-state index in [4.69, 9.17) is 10.2 Å². The third kappa shape index (κ3) is 2.69. The topological polar surface area (TPSA) is 107 Å². The first-order chi connectivity index (χ1) is 7.45. The fourth-order valence-electron chi connectivity index (χ4n) is 1.51. The molecule has 1 rings (SSSR count). The number of likely N-dealkylation sites (tertiary alicyclic amines) is 1. The van der Waals surface area contributed by atoms with Gasteiger partial charge in [-0.25, -0.2) is 4.79 Å². The fraction of sp³-hybridized carbons (Fsp3) is 0.667. The predicted octanol–water partition coefficient (Wildman–Crippen LogP) is -1.97. The van der Waals surface area contributed by atoms with Crippen molar-refractivity contribution >= 4 is 17.8 Å². The van der Waals surface area contributed by atoms with Gasteiger partial charge in [0.1, 0.15) is 6.04 Å². The number of hydrogen-bond donors (Lipinski definition) is 3. The van der Waals surface area contributed by atoms with Gasteiger partial charge < -0.3 is 20.4 Å². The molecule has 1 aliphatic rings. The molecule has 90 valence electrons. The molecule has 0 aromatic heterocycles. The molecule has 1 aliphatic heterocycles. The molecule has 0 aliphatic carbocycles. The second kappa shape index (κ2) is 4.93. The zero-order valence-electron chi connectivity index (χ0n) is 8.84. The van der Waals surface area contributed by atoms with Crippen molar-refractivity contribution in [3.05, 3.63) is 0 Å². The number of aliphatic hydroxyl groups is 1. The van der Waals surface area contributed by atoms with Crippen LogP contribution in [0.15, 0.2) is 0 Å². The highest BCUT2D eigenvalue weighted by atomic mass is 16.4. The maximum Gasteiger partial charge on any atom is 0.328 e. The summed E-state index contributed by atoms with van der Waals surface area (Å²) in [4.78, 5) is 34.7. The van der Waals surface area contributed by atoms with Gasteiger partial charge in [-0.3, -0.25) is 9.59 Å². The number of carboxylic acid groups (broad SMARTS) is 1. The van der Waals surface area contributed by atoms with Gasteiger partial charge in [-0.1, -0.05) is 0 Å². The molecule has 2 atom stereocenters. The quantitative estimate of drug-likeness (QED) is 0.519. The van der Waals surface area contributed by atoms with E-state index in [0.29, 0.717) is 0 Å². The average Bonchev–Trinajstić information content (AvgIpc) is 2.55. The molecule has 2 unspecified atom stereocenters. The van der Waals surface area contributed by atoms with E-state index < -0.39 is 30.4 Å². The van der Waals surface area contributed by atoms with Crippen LogP contribution in [0.4, 0.5) is 0 Å². The van der Waals surface area contributed by atoms with Crippen LogP contribution in [0.25, 0.3) is 0 Å². The van der Waals surface area contributed by atoms with Crippen molar-refractivity contribution in [2.45, 2.75) is 12.5 Å². The lowest BCUT2D eigenvalue weighted by atomic mass is 10.1. The minimum atomic E-state index is -1.31. The number of carbonyl (C=O) groups excluding carboxylic acids is 2. The number of amides is 2. The third-order valence-corrected chi connectivity index (χ3v) is 2.51. The van der Waals surface area contributed by atoms with E-state index in [1.807, 2.05) is 0 Å². The van der Waals surface area contributed by atoms with Crippen molar-refractivity contribution < 1.29 is 24.6 Å². The minimum absolute atomic E-state index is 0.0834. The van der Waals surface area contributed by atoms with Gasteiger partial charge in [0.25, 0.3) is 0 Å². The number of aliphatic carboxylic acids is 1. The van der Waals surface area contributed by atoms with Crippen LogP contribution in [-0.2, 0) is 14.4 Å². The average molecular weight is 230 g/mol. The van der Waals surface area contributed by atoms with Gasteiger partial charge >= 0.3 is 5.97 Å². The Labute approximate surface area is 92.0 Å². The van der Waals surface area contributed by atoms with Crippen molar-refractivity contribution in [1.29, 1.82) is 0 Å². The summed E-state index contributed by atoms with van der Waals surface area (Å²) in [5, 5.41) is 19.5. The molecule has 0 aromatic rings. The molecule has 16 heavy (non-hydrogen) atoms. The molecule has 0 spiro atoms. The van der Waals surface area contributed by atoms with E-state index in [1.54, 1.807) is 7.05 Å². The monoisotopic (exact) mass is 230 g/mol. The summed E-state index contributed by atoms with van der Waals surface area (Å²) >= 11 is 0. The molecule has 1 fully saturated rings. The van der Waals surface area contributed by atoms with Gasteiger partial charge in [-0.2, -0.15) is 0 Å². The second-order valence-corrected chi connectivity index (χ2v) is 3.76. The van der Waals surface area contributed by atoms with E-state index in [1.165, 1.54) is 4.90 Å². The summed E-state index contributed by atoms with van der Waals surface area (Å²) in [5.74, 6) is -2.49. The van der Waals surface area contributed by atoms with Crippen molar-refractivity contribution in [2.75, 3.05) is 20.2 Å². The van der Waals surface area contributed by atoms with E-state index in [-0.39, 0.29) is 18.9 Å². The van der Waals surface area contributed by atoms with Crippen LogP contribution in [0.5, 0.6) is 0 Å². The molecule has 7 heteroatoms. The summed E-state index contributed by atoms with van der Waals surface area (Å²) in [5.41, 5.74) is 0. The molecule has 0 bridgehead atoms. The van der Waals surface area contributed by atoms with Crippen LogP contribution in [-0.4, -0.2) is 59.1 Å². The van der Waals surface area contributed by atoms with Crippen LogP contribution in [0.3, 0.4) is 0 Å². The lowest BCUT2D eigenvalue weighted by Crippen LogP contribution is -2.46. The Hall–Kier alpha value is -1.63. The summed E-state index contributed by atoms with van der Waals surface area (Å²) < 4.78 is 0. The zero-order valence-corrected chi connectivity index (χ0v) is 8.84. The number of nitrogens with zero attached hydrogens (tertiary/aromatic N) is 1. The fourth-order valence-corrected chi connectivity index (χ4v) is 1.51. The lowest BCUT2D eigenvalue weighted by Gasteiger charge is -2.15. The number of carboxylic acids is 1. The number of hydrogen-bond acceptors (Lipinski definition) is 4. The summed E-state index contributed by atoms with van der Waals surface area (Å²) in [6.45, 7) is -0.389. The normalized spacial score (nSPS) is 22.0. The Morgan fingerprint density at radius 1 is 1.62 bits per heavy atom. The highest BCUT2D eigenvalue weighted by Gasteiger charge is 2.33. The van der Waals surface area contributed by atoms with E-state index in [0.717, 1.165) is 0 Å². The maximum absolute atomic E-state index is 11.5. The smallest absolute Gasteiger partial charge is 0.328 e. The van der Waals surface area contributed by atoms with Gasteiger partial charge in [0.2, 0.25) is 11.8 Å². The molecule has 3 N–H and O–H groups in total. The van der Waals surface area contributed by atoms with Crippen LogP contribution in [0, 0.1) is 5.92 Å². The lowest BCUT2D eigenvalue weighted by molar-refractivity contribution is -0.143.